The lowest BCUT2D eigenvalue weighted by Crippen LogP contribution is -2.43. The van der Waals surface area contributed by atoms with E-state index in [9.17, 15) is 14.0 Å². The Bertz CT molecular complexity index is 740. The molecule has 0 aromatic heterocycles. The predicted octanol–water partition coefficient (Wildman–Crippen LogP) is 2.33. The normalized spacial score (nSPS) is 14.6. The summed E-state index contributed by atoms with van der Waals surface area (Å²) in [4.78, 5) is 23.8. The number of rotatable bonds is 6. The van der Waals surface area contributed by atoms with Gasteiger partial charge in [0, 0.05) is 18.5 Å². The molecule has 2 N–H and O–H groups in total. The molecule has 3 rings (SSSR count). The van der Waals surface area contributed by atoms with E-state index in [4.69, 9.17) is 0 Å². The summed E-state index contributed by atoms with van der Waals surface area (Å²) >= 11 is 0. The number of hydrogen-bond donors (Lipinski definition) is 2. The highest BCUT2D eigenvalue weighted by atomic mass is 19.1. The van der Waals surface area contributed by atoms with Crippen LogP contribution in [0.3, 0.4) is 0 Å². The summed E-state index contributed by atoms with van der Waals surface area (Å²) < 4.78 is 13.0. The molecule has 1 aliphatic carbocycles. The summed E-state index contributed by atoms with van der Waals surface area (Å²) in [7, 11) is 0. The lowest BCUT2D eigenvalue weighted by atomic mass is 9.96. The van der Waals surface area contributed by atoms with Crippen molar-refractivity contribution in [3.05, 3.63) is 71.5 Å². The van der Waals surface area contributed by atoms with Crippen molar-refractivity contribution in [3.8, 4) is 0 Å². The molecule has 4 nitrogen and oxygen atoms in total. The fourth-order valence-corrected chi connectivity index (χ4v) is 2.90. The van der Waals surface area contributed by atoms with Gasteiger partial charge < -0.3 is 10.6 Å². The van der Waals surface area contributed by atoms with Crippen LogP contribution >= 0.6 is 0 Å². The van der Waals surface area contributed by atoms with Crippen molar-refractivity contribution in [3.63, 3.8) is 0 Å². The Morgan fingerprint density at radius 2 is 1.56 bits per heavy atom. The molecule has 1 saturated carbocycles. The van der Waals surface area contributed by atoms with E-state index in [1.807, 2.05) is 30.3 Å². The molecule has 1 aliphatic rings. The number of benzene rings is 2. The summed E-state index contributed by atoms with van der Waals surface area (Å²) in [5, 5.41) is 5.34. The topological polar surface area (TPSA) is 58.2 Å². The fraction of sp³-hybridized carbons (Fsp3) is 0.300. The monoisotopic (exact) mass is 340 g/mol. The second-order valence-corrected chi connectivity index (χ2v) is 6.46. The van der Waals surface area contributed by atoms with Crippen molar-refractivity contribution in [2.75, 3.05) is 13.1 Å². The van der Waals surface area contributed by atoms with Gasteiger partial charge in [0.2, 0.25) is 0 Å². The van der Waals surface area contributed by atoms with Gasteiger partial charge in [0.15, 0.2) is 0 Å². The molecule has 0 saturated heterocycles. The second kappa shape index (κ2) is 7.47. The zero-order valence-corrected chi connectivity index (χ0v) is 13.9. The van der Waals surface area contributed by atoms with Gasteiger partial charge in [0.05, 0.1) is 0 Å². The lowest BCUT2D eigenvalue weighted by molar-refractivity contribution is -0.139. The molecule has 25 heavy (non-hydrogen) atoms. The minimum atomic E-state index is -0.624. The number of halogens is 1. The van der Waals surface area contributed by atoms with E-state index in [2.05, 4.69) is 10.6 Å². The smallest absolute Gasteiger partial charge is 0.309 e. The molecule has 130 valence electrons. The van der Waals surface area contributed by atoms with E-state index in [0.29, 0.717) is 19.5 Å². The van der Waals surface area contributed by atoms with Crippen LogP contribution in [0.1, 0.15) is 24.0 Å². The van der Waals surface area contributed by atoms with Crippen LogP contribution in [0, 0.1) is 5.82 Å². The molecule has 0 atom stereocenters. The predicted molar refractivity (Wildman–Crippen MR) is 93.5 cm³/mol. The van der Waals surface area contributed by atoms with E-state index in [1.54, 1.807) is 12.1 Å². The van der Waals surface area contributed by atoms with E-state index >= 15 is 0 Å². The molecular weight excluding hydrogens is 319 g/mol. The van der Waals surface area contributed by atoms with Gasteiger partial charge in [-0.2, -0.15) is 0 Å². The number of hydrogen-bond acceptors (Lipinski definition) is 2. The second-order valence-electron chi connectivity index (χ2n) is 6.46. The average Bonchev–Trinajstić information content (AvgIpc) is 3.42. The first-order chi connectivity index (χ1) is 12.1. The Balaban J connectivity index is 1.44. The molecule has 5 heteroatoms. The first-order valence-electron chi connectivity index (χ1n) is 8.45. The van der Waals surface area contributed by atoms with Crippen LogP contribution in [0.5, 0.6) is 0 Å². The van der Waals surface area contributed by atoms with Crippen molar-refractivity contribution in [2.45, 2.75) is 24.7 Å². The third-order valence-corrected chi connectivity index (χ3v) is 4.65. The van der Waals surface area contributed by atoms with Crippen molar-refractivity contribution in [1.29, 1.82) is 0 Å². The van der Waals surface area contributed by atoms with Gasteiger partial charge in [-0.1, -0.05) is 42.5 Å². The van der Waals surface area contributed by atoms with E-state index in [0.717, 1.165) is 24.0 Å². The van der Waals surface area contributed by atoms with E-state index < -0.39 is 11.8 Å². The van der Waals surface area contributed by atoms with Gasteiger partial charge in [-0.15, -0.1) is 0 Å². The molecule has 0 bridgehead atoms. The summed E-state index contributed by atoms with van der Waals surface area (Å²) in [5.74, 6) is -1.52. The maximum atomic E-state index is 13.0. The highest BCUT2D eigenvalue weighted by Crippen LogP contribution is 2.47. The van der Waals surface area contributed by atoms with Crippen LogP contribution < -0.4 is 10.6 Å². The maximum absolute atomic E-state index is 13.0. The van der Waals surface area contributed by atoms with Crippen molar-refractivity contribution >= 4 is 11.8 Å². The van der Waals surface area contributed by atoms with Crippen molar-refractivity contribution < 1.29 is 14.0 Å². The molecular formula is C20H21FN2O2. The van der Waals surface area contributed by atoms with Gasteiger partial charge >= 0.3 is 11.8 Å². The van der Waals surface area contributed by atoms with Gasteiger partial charge in [-0.3, -0.25) is 9.59 Å². The first kappa shape index (κ1) is 17.1. The molecule has 0 aliphatic heterocycles. The van der Waals surface area contributed by atoms with Crippen LogP contribution in [-0.2, 0) is 21.4 Å². The number of carbonyl (C=O) groups is 2. The average molecular weight is 340 g/mol. The molecule has 0 spiro atoms. The first-order valence-corrected chi connectivity index (χ1v) is 8.45. The van der Waals surface area contributed by atoms with Gasteiger partial charge in [0.1, 0.15) is 5.82 Å². The number of carbonyl (C=O) groups excluding carboxylic acids is 2. The van der Waals surface area contributed by atoms with Gasteiger partial charge in [0.25, 0.3) is 0 Å². The van der Waals surface area contributed by atoms with Crippen LogP contribution in [0.4, 0.5) is 4.39 Å². The fourth-order valence-electron chi connectivity index (χ4n) is 2.90. The number of amides is 2. The molecule has 0 radical (unpaired) electrons. The van der Waals surface area contributed by atoms with Crippen molar-refractivity contribution in [1.82, 2.24) is 10.6 Å². The van der Waals surface area contributed by atoms with Crippen LogP contribution in [0.15, 0.2) is 54.6 Å². The Labute approximate surface area is 146 Å². The third-order valence-electron chi connectivity index (χ3n) is 4.65. The summed E-state index contributed by atoms with van der Waals surface area (Å²) in [6.45, 7) is 0.808. The molecule has 0 heterocycles. The van der Waals surface area contributed by atoms with Crippen LogP contribution in [0.2, 0.25) is 0 Å². The summed E-state index contributed by atoms with van der Waals surface area (Å²) in [6.07, 6.45) is 2.53. The highest BCUT2D eigenvalue weighted by molar-refractivity contribution is 6.35. The summed E-state index contributed by atoms with van der Waals surface area (Å²) in [6, 6.07) is 16.1. The largest absolute Gasteiger partial charge is 0.348 e. The zero-order valence-electron chi connectivity index (χ0n) is 13.9. The van der Waals surface area contributed by atoms with Crippen LogP contribution in [0.25, 0.3) is 0 Å². The van der Waals surface area contributed by atoms with Gasteiger partial charge in [-0.05, 0) is 42.5 Å². The Kier molecular flexibility index (Phi) is 5.12. The molecule has 0 unspecified atom stereocenters. The third kappa shape index (κ3) is 4.44. The highest BCUT2D eigenvalue weighted by Gasteiger charge is 2.44. The Hall–Kier alpha value is -2.69. The molecule has 1 fully saturated rings. The minimum Gasteiger partial charge on any atom is -0.348 e. The number of nitrogens with one attached hydrogen (secondary N) is 2. The van der Waals surface area contributed by atoms with E-state index in [1.165, 1.54) is 12.1 Å². The lowest BCUT2D eigenvalue weighted by Gasteiger charge is -2.16. The molecule has 2 aromatic rings. The van der Waals surface area contributed by atoms with E-state index in [-0.39, 0.29) is 11.2 Å². The van der Waals surface area contributed by atoms with Crippen LogP contribution in [-0.4, -0.2) is 24.9 Å². The summed E-state index contributed by atoms with van der Waals surface area (Å²) in [5.41, 5.74) is 1.95. The maximum Gasteiger partial charge on any atom is 0.309 e. The van der Waals surface area contributed by atoms with Gasteiger partial charge in [-0.25, -0.2) is 4.39 Å². The Morgan fingerprint density at radius 1 is 0.920 bits per heavy atom. The quantitative estimate of drug-likeness (QED) is 0.793. The SMILES string of the molecule is O=C(NCCc1ccccc1)C(=O)NCC1(c2ccc(F)cc2)CC1. The molecule has 2 amide bonds. The van der Waals surface area contributed by atoms with Crippen molar-refractivity contribution in [2.24, 2.45) is 0 Å². The standard InChI is InChI=1S/C20H21FN2O2/c21-17-8-6-16(7-9-17)20(11-12-20)14-23-19(25)18(24)22-13-10-15-4-2-1-3-5-15/h1-9H,10-14H2,(H,22,24)(H,23,25). The Morgan fingerprint density at radius 3 is 2.20 bits per heavy atom. The zero-order chi connectivity index (χ0) is 17.7. The molecule has 2 aromatic carbocycles. The minimum absolute atomic E-state index is 0.159.